The zero-order valence-corrected chi connectivity index (χ0v) is 13.0. The summed E-state index contributed by atoms with van der Waals surface area (Å²) < 4.78 is 5.97. The van der Waals surface area contributed by atoms with E-state index in [1.807, 2.05) is 0 Å². The predicted molar refractivity (Wildman–Crippen MR) is 80.2 cm³/mol. The Kier molecular flexibility index (Phi) is 5.27. The number of hydrogen-bond acceptors (Lipinski definition) is 3. The molecule has 2 aliphatic rings. The molecule has 0 bridgehead atoms. The number of hydrogen-bond donors (Lipinski definition) is 1. The van der Waals surface area contributed by atoms with Crippen LogP contribution in [0.25, 0.3) is 0 Å². The average molecular weight is 268 g/mol. The molecule has 112 valence electrons. The second kappa shape index (κ2) is 6.55. The quantitative estimate of drug-likeness (QED) is 0.833. The molecule has 3 nitrogen and oxygen atoms in total. The molecule has 2 fully saturated rings. The van der Waals surface area contributed by atoms with Gasteiger partial charge in [0.2, 0.25) is 0 Å². The molecular formula is C16H32N2O. The van der Waals surface area contributed by atoms with E-state index >= 15 is 0 Å². The van der Waals surface area contributed by atoms with Crippen LogP contribution in [0.2, 0.25) is 0 Å². The van der Waals surface area contributed by atoms with E-state index in [-0.39, 0.29) is 5.54 Å². The topological polar surface area (TPSA) is 38.5 Å². The van der Waals surface area contributed by atoms with Crippen molar-refractivity contribution < 1.29 is 4.74 Å². The fraction of sp³-hybridized carbons (Fsp3) is 1.00. The molecule has 1 saturated carbocycles. The van der Waals surface area contributed by atoms with E-state index in [2.05, 4.69) is 25.7 Å². The SMILES string of the molecule is CCN(C1CCCC1)C1(CN)CCOC(C(C)C)C1. The Morgan fingerprint density at radius 2 is 2.00 bits per heavy atom. The molecule has 19 heavy (non-hydrogen) atoms. The Morgan fingerprint density at radius 1 is 1.32 bits per heavy atom. The van der Waals surface area contributed by atoms with Crippen molar-refractivity contribution in [3.05, 3.63) is 0 Å². The Balaban J connectivity index is 2.14. The first-order valence-corrected chi connectivity index (χ1v) is 8.21. The highest BCUT2D eigenvalue weighted by atomic mass is 16.5. The van der Waals surface area contributed by atoms with Crippen molar-refractivity contribution >= 4 is 0 Å². The minimum absolute atomic E-state index is 0.191. The van der Waals surface area contributed by atoms with E-state index in [4.69, 9.17) is 10.5 Å². The zero-order chi connectivity index (χ0) is 13.9. The van der Waals surface area contributed by atoms with Crippen LogP contribution in [0.4, 0.5) is 0 Å². The first-order chi connectivity index (χ1) is 9.13. The van der Waals surface area contributed by atoms with Crippen molar-refractivity contribution in [1.82, 2.24) is 4.90 Å². The highest BCUT2D eigenvalue weighted by Gasteiger charge is 2.43. The van der Waals surface area contributed by atoms with E-state index in [0.717, 1.165) is 38.6 Å². The van der Waals surface area contributed by atoms with Gasteiger partial charge in [0.15, 0.2) is 0 Å². The Hall–Kier alpha value is -0.120. The van der Waals surface area contributed by atoms with Gasteiger partial charge in [-0.05, 0) is 38.1 Å². The summed E-state index contributed by atoms with van der Waals surface area (Å²) in [6.45, 7) is 9.63. The van der Waals surface area contributed by atoms with Gasteiger partial charge in [-0.3, -0.25) is 4.90 Å². The van der Waals surface area contributed by atoms with Gasteiger partial charge in [-0.25, -0.2) is 0 Å². The third kappa shape index (κ3) is 3.14. The van der Waals surface area contributed by atoms with E-state index in [1.54, 1.807) is 0 Å². The molecule has 0 amide bonds. The smallest absolute Gasteiger partial charge is 0.0616 e. The molecule has 1 heterocycles. The summed E-state index contributed by atoms with van der Waals surface area (Å²) in [5.74, 6) is 0.591. The van der Waals surface area contributed by atoms with E-state index in [1.165, 1.54) is 25.7 Å². The molecule has 2 atom stereocenters. The molecule has 1 aliphatic carbocycles. The molecule has 2 N–H and O–H groups in total. The van der Waals surface area contributed by atoms with Crippen LogP contribution in [-0.2, 0) is 4.74 Å². The van der Waals surface area contributed by atoms with E-state index in [0.29, 0.717) is 12.0 Å². The normalized spacial score (nSPS) is 33.5. The maximum atomic E-state index is 6.25. The van der Waals surface area contributed by atoms with Crippen LogP contribution in [-0.4, -0.2) is 42.3 Å². The molecule has 0 aromatic rings. The lowest BCUT2D eigenvalue weighted by Crippen LogP contribution is -2.61. The van der Waals surface area contributed by atoms with Gasteiger partial charge in [-0.1, -0.05) is 33.6 Å². The predicted octanol–water partition coefficient (Wildman–Crippen LogP) is 2.78. The highest BCUT2D eigenvalue weighted by Crippen LogP contribution is 2.37. The maximum Gasteiger partial charge on any atom is 0.0616 e. The Bertz CT molecular complexity index is 276. The van der Waals surface area contributed by atoms with Gasteiger partial charge < -0.3 is 10.5 Å². The lowest BCUT2D eigenvalue weighted by atomic mass is 9.80. The van der Waals surface area contributed by atoms with Crippen LogP contribution in [0.15, 0.2) is 0 Å². The summed E-state index contributed by atoms with van der Waals surface area (Å²) in [6.07, 6.45) is 8.12. The fourth-order valence-electron chi connectivity index (χ4n) is 4.12. The summed E-state index contributed by atoms with van der Waals surface area (Å²) in [7, 11) is 0. The van der Waals surface area contributed by atoms with Crippen LogP contribution < -0.4 is 5.73 Å². The van der Waals surface area contributed by atoms with Gasteiger partial charge in [0, 0.05) is 24.7 Å². The summed E-state index contributed by atoms with van der Waals surface area (Å²) >= 11 is 0. The third-order valence-electron chi connectivity index (χ3n) is 5.32. The van der Waals surface area contributed by atoms with Crippen molar-refractivity contribution in [3.8, 4) is 0 Å². The third-order valence-corrected chi connectivity index (χ3v) is 5.32. The molecule has 0 radical (unpaired) electrons. The zero-order valence-electron chi connectivity index (χ0n) is 13.0. The molecule has 0 aromatic heterocycles. The van der Waals surface area contributed by atoms with E-state index in [9.17, 15) is 0 Å². The lowest BCUT2D eigenvalue weighted by molar-refractivity contribution is -0.0965. The fourth-order valence-corrected chi connectivity index (χ4v) is 4.12. The van der Waals surface area contributed by atoms with Crippen molar-refractivity contribution in [3.63, 3.8) is 0 Å². The van der Waals surface area contributed by atoms with E-state index < -0.39 is 0 Å². The number of likely N-dealkylation sites (N-methyl/N-ethyl adjacent to an activating group) is 1. The Labute approximate surface area is 118 Å². The molecular weight excluding hydrogens is 236 g/mol. The number of rotatable bonds is 5. The van der Waals surface area contributed by atoms with Gasteiger partial charge in [-0.2, -0.15) is 0 Å². The van der Waals surface area contributed by atoms with Gasteiger partial charge in [0.25, 0.3) is 0 Å². The molecule has 1 saturated heterocycles. The lowest BCUT2D eigenvalue weighted by Gasteiger charge is -2.51. The molecule has 0 aromatic carbocycles. The van der Waals surface area contributed by atoms with Gasteiger partial charge in [-0.15, -0.1) is 0 Å². The standard InChI is InChI=1S/C16H32N2O/c1-4-18(14-7-5-6-8-14)16(12-17)9-10-19-15(11-16)13(2)3/h13-15H,4-12,17H2,1-3H3. The minimum atomic E-state index is 0.191. The first kappa shape index (κ1) is 15.3. The van der Waals surface area contributed by atoms with Crippen LogP contribution in [0, 0.1) is 5.92 Å². The monoisotopic (exact) mass is 268 g/mol. The van der Waals surface area contributed by atoms with Crippen LogP contribution in [0.3, 0.4) is 0 Å². The van der Waals surface area contributed by atoms with Crippen molar-refractivity contribution in [2.45, 2.75) is 77.0 Å². The van der Waals surface area contributed by atoms with Crippen LogP contribution in [0.5, 0.6) is 0 Å². The number of nitrogens with zero attached hydrogens (tertiary/aromatic N) is 1. The molecule has 0 spiro atoms. The molecule has 3 heteroatoms. The average Bonchev–Trinajstić information content (AvgIpc) is 2.93. The van der Waals surface area contributed by atoms with Crippen molar-refractivity contribution in [2.24, 2.45) is 11.7 Å². The minimum Gasteiger partial charge on any atom is -0.378 e. The molecule has 2 unspecified atom stereocenters. The highest BCUT2D eigenvalue weighted by molar-refractivity contribution is 4.99. The second-order valence-corrected chi connectivity index (χ2v) is 6.76. The molecule has 2 rings (SSSR count). The summed E-state index contributed by atoms with van der Waals surface area (Å²) in [4.78, 5) is 2.73. The van der Waals surface area contributed by atoms with Crippen LogP contribution >= 0.6 is 0 Å². The Morgan fingerprint density at radius 3 is 2.53 bits per heavy atom. The second-order valence-electron chi connectivity index (χ2n) is 6.76. The summed E-state index contributed by atoms with van der Waals surface area (Å²) in [5.41, 5.74) is 6.44. The summed E-state index contributed by atoms with van der Waals surface area (Å²) in [6, 6.07) is 0.763. The van der Waals surface area contributed by atoms with Gasteiger partial charge in [0.1, 0.15) is 0 Å². The van der Waals surface area contributed by atoms with Gasteiger partial charge in [0.05, 0.1) is 6.10 Å². The number of ether oxygens (including phenoxy) is 1. The van der Waals surface area contributed by atoms with Gasteiger partial charge >= 0.3 is 0 Å². The van der Waals surface area contributed by atoms with Crippen molar-refractivity contribution in [2.75, 3.05) is 19.7 Å². The largest absolute Gasteiger partial charge is 0.378 e. The number of nitrogens with two attached hydrogens (primary N) is 1. The first-order valence-electron chi connectivity index (χ1n) is 8.21. The summed E-state index contributed by atoms with van der Waals surface area (Å²) in [5, 5.41) is 0. The van der Waals surface area contributed by atoms with Crippen molar-refractivity contribution in [1.29, 1.82) is 0 Å². The maximum absolute atomic E-state index is 6.25. The molecule has 1 aliphatic heterocycles. The van der Waals surface area contributed by atoms with Crippen LogP contribution in [0.1, 0.15) is 59.3 Å².